The predicted molar refractivity (Wildman–Crippen MR) is 85.4 cm³/mol. The van der Waals surface area contributed by atoms with Gasteiger partial charge >= 0.3 is 0 Å². The summed E-state index contributed by atoms with van der Waals surface area (Å²) in [6, 6.07) is 13.5. The number of phenols is 1. The highest BCUT2D eigenvalue weighted by molar-refractivity contribution is 6.30. The van der Waals surface area contributed by atoms with Crippen LogP contribution in [0.4, 0.5) is 0 Å². The molecule has 0 aliphatic carbocycles. The van der Waals surface area contributed by atoms with Crippen LogP contribution >= 0.6 is 11.6 Å². The van der Waals surface area contributed by atoms with Gasteiger partial charge in [0, 0.05) is 10.6 Å². The zero-order valence-corrected chi connectivity index (χ0v) is 12.7. The van der Waals surface area contributed by atoms with Crippen LogP contribution in [0.2, 0.25) is 5.02 Å². The van der Waals surface area contributed by atoms with Crippen LogP contribution in [-0.4, -0.2) is 23.3 Å². The molecular formula is C16H15ClN2O3. The van der Waals surface area contributed by atoms with Gasteiger partial charge < -0.3 is 9.84 Å². The lowest BCUT2D eigenvalue weighted by atomic mass is 10.1. The average Bonchev–Trinajstić information content (AvgIpc) is 2.51. The summed E-state index contributed by atoms with van der Waals surface area (Å²) in [5.41, 5.74) is 3.42. The Bertz CT molecular complexity index is 701. The van der Waals surface area contributed by atoms with Crippen LogP contribution in [0.15, 0.2) is 53.6 Å². The van der Waals surface area contributed by atoms with Crippen molar-refractivity contribution in [3.05, 3.63) is 59.1 Å². The Hall–Kier alpha value is -2.53. The first-order valence-corrected chi connectivity index (χ1v) is 6.94. The fourth-order valence-electron chi connectivity index (χ4n) is 1.72. The molecule has 0 spiro atoms. The van der Waals surface area contributed by atoms with Crippen molar-refractivity contribution in [3.8, 4) is 11.5 Å². The van der Waals surface area contributed by atoms with E-state index >= 15 is 0 Å². The lowest BCUT2D eigenvalue weighted by Crippen LogP contribution is -2.25. The maximum absolute atomic E-state index is 11.7. The third kappa shape index (κ3) is 4.49. The minimum atomic E-state index is -0.408. The Labute approximate surface area is 133 Å². The first-order chi connectivity index (χ1) is 10.6. The topological polar surface area (TPSA) is 70.9 Å². The SMILES string of the molecule is C/C(=N\NC(=O)COc1cccc(Cl)c1)c1ccccc1O. The second kappa shape index (κ2) is 7.47. The van der Waals surface area contributed by atoms with Crippen molar-refractivity contribution in [2.75, 3.05) is 6.61 Å². The number of hydrazone groups is 1. The number of carbonyl (C=O) groups excluding carboxylic acids is 1. The molecule has 5 nitrogen and oxygen atoms in total. The fourth-order valence-corrected chi connectivity index (χ4v) is 1.90. The highest BCUT2D eigenvalue weighted by atomic mass is 35.5. The number of para-hydroxylation sites is 1. The summed E-state index contributed by atoms with van der Waals surface area (Å²) in [5.74, 6) is 0.201. The molecule has 0 aliphatic heterocycles. The molecule has 1 amide bonds. The Morgan fingerprint density at radius 3 is 2.77 bits per heavy atom. The maximum Gasteiger partial charge on any atom is 0.277 e. The number of hydrogen-bond acceptors (Lipinski definition) is 4. The summed E-state index contributed by atoms with van der Waals surface area (Å²) in [6.07, 6.45) is 0. The molecule has 0 unspecified atom stereocenters. The fraction of sp³-hybridized carbons (Fsp3) is 0.125. The lowest BCUT2D eigenvalue weighted by molar-refractivity contribution is -0.123. The molecule has 0 heterocycles. The van der Waals surface area contributed by atoms with Gasteiger partial charge in [-0.2, -0.15) is 5.10 Å². The van der Waals surface area contributed by atoms with Crippen LogP contribution in [0, 0.1) is 0 Å². The molecule has 22 heavy (non-hydrogen) atoms. The minimum absolute atomic E-state index is 0.105. The molecule has 2 aromatic rings. The quantitative estimate of drug-likeness (QED) is 0.657. The standard InChI is InChI=1S/C16H15ClN2O3/c1-11(14-7-2-3-8-15(14)20)18-19-16(21)10-22-13-6-4-5-12(17)9-13/h2-9,20H,10H2,1H3,(H,19,21)/b18-11+. The zero-order valence-electron chi connectivity index (χ0n) is 11.9. The molecule has 0 radical (unpaired) electrons. The molecule has 0 fully saturated rings. The Morgan fingerprint density at radius 2 is 2.05 bits per heavy atom. The summed E-state index contributed by atoms with van der Waals surface area (Å²) >= 11 is 5.82. The molecule has 0 aliphatic rings. The highest BCUT2D eigenvalue weighted by Crippen LogP contribution is 2.17. The van der Waals surface area contributed by atoms with Crippen LogP contribution in [-0.2, 0) is 4.79 Å². The number of benzene rings is 2. The van der Waals surface area contributed by atoms with Crippen molar-refractivity contribution in [1.29, 1.82) is 0 Å². The first-order valence-electron chi connectivity index (χ1n) is 6.56. The number of rotatable bonds is 5. The molecule has 2 N–H and O–H groups in total. The van der Waals surface area contributed by atoms with Crippen LogP contribution in [0.1, 0.15) is 12.5 Å². The van der Waals surface area contributed by atoms with E-state index in [1.54, 1.807) is 55.5 Å². The Morgan fingerprint density at radius 1 is 1.27 bits per heavy atom. The van der Waals surface area contributed by atoms with Gasteiger partial charge in [0.15, 0.2) is 6.61 Å². The third-order valence-corrected chi connectivity index (χ3v) is 3.04. The van der Waals surface area contributed by atoms with E-state index in [1.165, 1.54) is 0 Å². The highest BCUT2D eigenvalue weighted by Gasteiger charge is 2.05. The van der Waals surface area contributed by atoms with Gasteiger partial charge in [-0.05, 0) is 37.3 Å². The van der Waals surface area contributed by atoms with Crippen molar-refractivity contribution < 1.29 is 14.6 Å². The second-order valence-corrected chi connectivity index (χ2v) is 4.93. The summed E-state index contributed by atoms with van der Waals surface area (Å²) in [7, 11) is 0. The molecule has 6 heteroatoms. The minimum Gasteiger partial charge on any atom is -0.507 e. The summed E-state index contributed by atoms with van der Waals surface area (Å²) in [5, 5.41) is 14.2. The van der Waals surface area contributed by atoms with Crippen LogP contribution < -0.4 is 10.2 Å². The predicted octanol–water partition coefficient (Wildman–Crippen LogP) is 2.96. The van der Waals surface area contributed by atoms with Gasteiger partial charge in [0.05, 0.1) is 5.71 Å². The third-order valence-electron chi connectivity index (χ3n) is 2.81. The van der Waals surface area contributed by atoms with Gasteiger partial charge in [-0.25, -0.2) is 5.43 Å². The van der Waals surface area contributed by atoms with Gasteiger partial charge in [-0.15, -0.1) is 0 Å². The monoisotopic (exact) mass is 318 g/mol. The number of aromatic hydroxyl groups is 1. The van der Waals surface area contributed by atoms with Gasteiger partial charge in [0.2, 0.25) is 0 Å². The number of phenolic OH excluding ortho intramolecular Hbond substituents is 1. The van der Waals surface area contributed by atoms with Crippen molar-refractivity contribution in [3.63, 3.8) is 0 Å². The second-order valence-electron chi connectivity index (χ2n) is 4.50. The zero-order chi connectivity index (χ0) is 15.9. The lowest BCUT2D eigenvalue weighted by Gasteiger charge is -2.06. The number of hydrogen-bond donors (Lipinski definition) is 2. The van der Waals surface area contributed by atoms with Gasteiger partial charge in [0.1, 0.15) is 11.5 Å². The van der Waals surface area contributed by atoms with Crippen LogP contribution in [0.25, 0.3) is 0 Å². The smallest absolute Gasteiger partial charge is 0.277 e. The normalized spacial score (nSPS) is 11.1. The Kier molecular flexibility index (Phi) is 5.38. The van der Waals surface area contributed by atoms with E-state index in [2.05, 4.69) is 10.5 Å². The molecule has 2 rings (SSSR count). The average molecular weight is 319 g/mol. The van der Waals surface area contributed by atoms with Gasteiger partial charge in [0.25, 0.3) is 5.91 Å². The van der Waals surface area contributed by atoms with Crippen molar-refractivity contribution in [2.24, 2.45) is 5.10 Å². The first kappa shape index (κ1) is 15.9. The van der Waals surface area contributed by atoms with E-state index in [-0.39, 0.29) is 12.4 Å². The summed E-state index contributed by atoms with van der Waals surface area (Å²) < 4.78 is 5.30. The number of amides is 1. The maximum atomic E-state index is 11.7. The van der Waals surface area contributed by atoms with Crippen LogP contribution in [0.5, 0.6) is 11.5 Å². The van der Waals surface area contributed by atoms with Crippen molar-refractivity contribution in [2.45, 2.75) is 6.92 Å². The van der Waals surface area contributed by atoms with Gasteiger partial charge in [-0.3, -0.25) is 4.79 Å². The van der Waals surface area contributed by atoms with E-state index in [1.807, 2.05) is 0 Å². The molecule has 114 valence electrons. The molecule has 2 aromatic carbocycles. The summed E-state index contributed by atoms with van der Waals surface area (Å²) in [4.78, 5) is 11.7. The molecule has 0 atom stereocenters. The summed E-state index contributed by atoms with van der Waals surface area (Å²) in [6.45, 7) is 1.51. The number of nitrogens with zero attached hydrogens (tertiary/aromatic N) is 1. The Balaban J connectivity index is 1.90. The molecule has 0 aromatic heterocycles. The van der Waals surface area contributed by atoms with E-state index in [0.717, 1.165) is 0 Å². The van der Waals surface area contributed by atoms with E-state index in [0.29, 0.717) is 22.0 Å². The van der Waals surface area contributed by atoms with Crippen molar-refractivity contribution in [1.82, 2.24) is 5.43 Å². The molecular weight excluding hydrogens is 304 g/mol. The number of halogens is 1. The molecule has 0 saturated heterocycles. The molecule has 0 saturated carbocycles. The molecule has 0 bridgehead atoms. The van der Waals surface area contributed by atoms with E-state index in [9.17, 15) is 9.90 Å². The van der Waals surface area contributed by atoms with Crippen LogP contribution in [0.3, 0.4) is 0 Å². The number of ether oxygens (including phenoxy) is 1. The van der Waals surface area contributed by atoms with Gasteiger partial charge in [-0.1, -0.05) is 29.8 Å². The number of nitrogens with one attached hydrogen (secondary N) is 1. The number of carbonyl (C=O) groups is 1. The van der Waals surface area contributed by atoms with Crippen molar-refractivity contribution >= 4 is 23.2 Å². The van der Waals surface area contributed by atoms with E-state index < -0.39 is 5.91 Å². The largest absolute Gasteiger partial charge is 0.507 e. The van der Waals surface area contributed by atoms with E-state index in [4.69, 9.17) is 16.3 Å².